The van der Waals surface area contributed by atoms with Crippen molar-refractivity contribution in [2.75, 3.05) is 14.2 Å². The summed E-state index contributed by atoms with van der Waals surface area (Å²) < 4.78 is 12.5. The van der Waals surface area contributed by atoms with Gasteiger partial charge in [-0.05, 0) is 60.7 Å². The van der Waals surface area contributed by atoms with E-state index >= 15 is 0 Å². The molecule has 6 heteroatoms. The first-order chi connectivity index (χ1) is 19.2. The zero-order valence-corrected chi connectivity index (χ0v) is 21.5. The fourth-order valence-electron chi connectivity index (χ4n) is 4.71. The smallest absolute Gasteiger partial charge is 0.266 e. The fourth-order valence-corrected chi connectivity index (χ4v) is 4.71. The summed E-state index contributed by atoms with van der Waals surface area (Å²) in [7, 11) is 3.26. The summed E-state index contributed by atoms with van der Waals surface area (Å²) in [6.45, 7) is 0. The van der Waals surface area contributed by atoms with Crippen LogP contribution >= 0.6 is 0 Å². The molecule has 0 N–H and O–H groups in total. The number of para-hydroxylation sites is 1. The number of fused-ring (bicyclic) bond motifs is 1. The second-order valence-electron chi connectivity index (χ2n) is 9.00. The first kappa shape index (κ1) is 24.1. The number of rotatable bonds is 6. The van der Waals surface area contributed by atoms with Crippen molar-refractivity contribution in [3.05, 3.63) is 126 Å². The Labute approximate surface area is 225 Å². The number of nitrogens with zero attached hydrogens (tertiary/aromatic N) is 3. The van der Waals surface area contributed by atoms with Gasteiger partial charge in [0.05, 0.1) is 36.7 Å². The maximum Gasteiger partial charge on any atom is 0.266 e. The lowest BCUT2D eigenvalue weighted by atomic mass is 9.99. The molecule has 0 aliphatic rings. The molecule has 2 heterocycles. The predicted octanol–water partition coefficient (Wildman–Crippen LogP) is 6.80. The summed E-state index contributed by atoms with van der Waals surface area (Å²) in [6, 6.07) is 34.7. The van der Waals surface area contributed by atoms with Crippen molar-refractivity contribution in [3.8, 4) is 51.0 Å². The largest absolute Gasteiger partial charge is 0.497 e. The van der Waals surface area contributed by atoms with Gasteiger partial charge in [0, 0.05) is 28.3 Å². The molecule has 2 aromatic heterocycles. The van der Waals surface area contributed by atoms with Crippen molar-refractivity contribution in [1.29, 1.82) is 0 Å². The summed E-state index contributed by atoms with van der Waals surface area (Å²) in [5.74, 6) is 2.01. The van der Waals surface area contributed by atoms with Crippen LogP contribution in [0.3, 0.4) is 0 Å². The van der Waals surface area contributed by atoms with Crippen molar-refractivity contribution in [2.24, 2.45) is 0 Å². The van der Waals surface area contributed by atoms with Crippen LogP contribution in [0.2, 0.25) is 0 Å². The lowest BCUT2D eigenvalue weighted by molar-refractivity contribution is 0.415. The van der Waals surface area contributed by atoms with Crippen LogP contribution in [0, 0.1) is 0 Å². The normalized spacial score (nSPS) is 10.9. The summed E-state index contributed by atoms with van der Waals surface area (Å²) in [5.41, 5.74) is 5.01. The Morgan fingerprint density at radius 2 is 1.33 bits per heavy atom. The SMILES string of the molecule is COc1ccc(-c2cc(-c3cnc(-c4ccccc4)n(-c4ccccc4)c3=O)c3cc(OC)ccc3n2)cc1. The standard InChI is InChI=1S/C33H25N3O3/c1-38-25-15-13-22(14-16-25)31-20-27(28-19-26(39-2)17-18-30(28)35-31)29-21-34-32(23-9-5-3-6-10-23)36(33(29)37)24-11-7-4-8-12-24/h3-21H,1-2H3. The average Bonchev–Trinajstić information content (AvgIpc) is 3.01. The number of hydrogen-bond donors (Lipinski definition) is 0. The zero-order chi connectivity index (χ0) is 26.8. The Morgan fingerprint density at radius 3 is 2.03 bits per heavy atom. The monoisotopic (exact) mass is 511 g/mol. The molecule has 0 spiro atoms. The number of ether oxygens (including phenoxy) is 2. The molecular weight excluding hydrogens is 486 g/mol. The van der Waals surface area contributed by atoms with Gasteiger partial charge in [-0.15, -0.1) is 0 Å². The van der Waals surface area contributed by atoms with E-state index in [0.29, 0.717) is 17.1 Å². The van der Waals surface area contributed by atoms with E-state index in [-0.39, 0.29) is 5.56 Å². The van der Waals surface area contributed by atoms with Crippen LogP contribution in [0.15, 0.2) is 120 Å². The third-order valence-electron chi connectivity index (χ3n) is 6.70. The molecule has 39 heavy (non-hydrogen) atoms. The maximum absolute atomic E-state index is 14.3. The van der Waals surface area contributed by atoms with Crippen LogP contribution in [0.5, 0.6) is 11.5 Å². The van der Waals surface area contributed by atoms with Gasteiger partial charge in [0.2, 0.25) is 0 Å². The van der Waals surface area contributed by atoms with E-state index in [9.17, 15) is 4.79 Å². The average molecular weight is 512 g/mol. The molecular formula is C33H25N3O3. The Balaban J connectivity index is 1.64. The van der Waals surface area contributed by atoms with Gasteiger partial charge in [0.1, 0.15) is 17.3 Å². The highest BCUT2D eigenvalue weighted by atomic mass is 16.5. The molecule has 0 unspecified atom stereocenters. The first-order valence-corrected chi connectivity index (χ1v) is 12.5. The van der Waals surface area contributed by atoms with Gasteiger partial charge >= 0.3 is 0 Å². The second kappa shape index (κ2) is 10.3. The van der Waals surface area contributed by atoms with E-state index in [1.807, 2.05) is 109 Å². The Bertz CT molecular complexity index is 1830. The van der Waals surface area contributed by atoms with Gasteiger partial charge < -0.3 is 9.47 Å². The van der Waals surface area contributed by atoms with Crippen LogP contribution < -0.4 is 15.0 Å². The number of pyridine rings is 1. The molecule has 190 valence electrons. The molecule has 0 saturated heterocycles. The van der Waals surface area contributed by atoms with E-state index in [1.165, 1.54) is 0 Å². The highest BCUT2D eigenvalue weighted by Crippen LogP contribution is 2.34. The predicted molar refractivity (Wildman–Crippen MR) is 155 cm³/mol. The minimum absolute atomic E-state index is 0.175. The molecule has 6 nitrogen and oxygen atoms in total. The van der Waals surface area contributed by atoms with Crippen LogP contribution in [0.4, 0.5) is 0 Å². The molecule has 0 atom stereocenters. The lowest BCUT2D eigenvalue weighted by Gasteiger charge is -2.16. The second-order valence-corrected chi connectivity index (χ2v) is 9.00. The quantitative estimate of drug-likeness (QED) is 0.246. The molecule has 0 aliphatic heterocycles. The minimum atomic E-state index is -0.175. The molecule has 0 radical (unpaired) electrons. The van der Waals surface area contributed by atoms with Crippen LogP contribution in [0.25, 0.3) is 50.4 Å². The number of methoxy groups -OCH3 is 2. The highest BCUT2D eigenvalue weighted by molar-refractivity contribution is 5.97. The lowest BCUT2D eigenvalue weighted by Crippen LogP contribution is -2.23. The minimum Gasteiger partial charge on any atom is -0.497 e. The van der Waals surface area contributed by atoms with E-state index in [4.69, 9.17) is 19.4 Å². The summed E-state index contributed by atoms with van der Waals surface area (Å²) in [5, 5.41) is 0.803. The van der Waals surface area contributed by atoms with E-state index in [0.717, 1.165) is 44.7 Å². The van der Waals surface area contributed by atoms with Gasteiger partial charge in [-0.1, -0.05) is 48.5 Å². The van der Waals surface area contributed by atoms with Crippen LogP contribution in [-0.2, 0) is 0 Å². The fraction of sp³-hybridized carbons (Fsp3) is 0.0606. The Kier molecular flexibility index (Phi) is 6.35. The van der Waals surface area contributed by atoms with Gasteiger partial charge in [-0.2, -0.15) is 0 Å². The van der Waals surface area contributed by atoms with Gasteiger partial charge in [-0.25, -0.2) is 9.97 Å². The van der Waals surface area contributed by atoms with Gasteiger partial charge in [-0.3, -0.25) is 9.36 Å². The third-order valence-corrected chi connectivity index (χ3v) is 6.70. The highest BCUT2D eigenvalue weighted by Gasteiger charge is 2.19. The molecule has 0 amide bonds. The van der Waals surface area contributed by atoms with Crippen LogP contribution in [0.1, 0.15) is 0 Å². The molecule has 4 aromatic carbocycles. The van der Waals surface area contributed by atoms with Crippen molar-refractivity contribution >= 4 is 10.9 Å². The number of aromatic nitrogens is 3. The van der Waals surface area contributed by atoms with Gasteiger partial charge in [0.25, 0.3) is 5.56 Å². The van der Waals surface area contributed by atoms with E-state index < -0.39 is 0 Å². The van der Waals surface area contributed by atoms with Crippen molar-refractivity contribution in [3.63, 3.8) is 0 Å². The molecule has 0 fully saturated rings. The molecule has 6 rings (SSSR count). The molecule has 6 aromatic rings. The van der Waals surface area contributed by atoms with Gasteiger partial charge in [0.15, 0.2) is 0 Å². The summed E-state index contributed by atoms with van der Waals surface area (Å²) in [6.07, 6.45) is 1.66. The Hall–Kier alpha value is -5.23. The van der Waals surface area contributed by atoms with E-state index in [1.54, 1.807) is 25.0 Å². The zero-order valence-electron chi connectivity index (χ0n) is 21.5. The van der Waals surface area contributed by atoms with E-state index in [2.05, 4.69) is 0 Å². The topological polar surface area (TPSA) is 66.2 Å². The van der Waals surface area contributed by atoms with Crippen molar-refractivity contribution < 1.29 is 9.47 Å². The van der Waals surface area contributed by atoms with Crippen molar-refractivity contribution in [2.45, 2.75) is 0 Å². The first-order valence-electron chi connectivity index (χ1n) is 12.5. The van der Waals surface area contributed by atoms with Crippen LogP contribution in [-0.4, -0.2) is 28.8 Å². The van der Waals surface area contributed by atoms with Crippen molar-refractivity contribution in [1.82, 2.24) is 14.5 Å². The Morgan fingerprint density at radius 1 is 0.667 bits per heavy atom. The summed E-state index contributed by atoms with van der Waals surface area (Å²) >= 11 is 0. The third kappa shape index (κ3) is 4.53. The number of hydrogen-bond acceptors (Lipinski definition) is 5. The molecule has 0 saturated carbocycles. The molecule has 0 aliphatic carbocycles. The number of benzene rings is 4. The maximum atomic E-state index is 14.3. The molecule has 0 bridgehead atoms. The summed E-state index contributed by atoms with van der Waals surface area (Å²) in [4.78, 5) is 24.1.